The molecule has 1 rings (SSSR count). The summed E-state index contributed by atoms with van der Waals surface area (Å²) in [5, 5.41) is 5.81. The largest absolute Gasteiger partial charge is 0.444 e. The van der Waals surface area contributed by atoms with Gasteiger partial charge in [-0.2, -0.15) is 0 Å². The van der Waals surface area contributed by atoms with Crippen molar-refractivity contribution in [2.24, 2.45) is 10.7 Å². The van der Waals surface area contributed by atoms with Gasteiger partial charge in [-0.3, -0.25) is 4.99 Å². The zero-order valence-electron chi connectivity index (χ0n) is 15.6. The number of unbranched alkanes of at least 4 members (excludes halogenated alkanes) is 1. The topological polar surface area (TPSA) is 98.0 Å². The first-order chi connectivity index (χ1) is 11.8. The van der Waals surface area contributed by atoms with Crippen LogP contribution in [0.25, 0.3) is 0 Å². The van der Waals surface area contributed by atoms with Gasteiger partial charge in [0.15, 0.2) is 5.96 Å². The van der Waals surface area contributed by atoms with Gasteiger partial charge in [0, 0.05) is 31.5 Å². The normalized spacial score (nSPS) is 11.9. The van der Waals surface area contributed by atoms with Gasteiger partial charge in [0.25, 0.3) is 0 Å². The van der Waals surface area contributed by atoms with Gasteiger partial charge in [-0.1, -0.05) is 18.2 Å². The summed E-state index contributed by atoms with van der Waals surface area (Å²) >= 11 is 0. The number of guanidine groups is 1. The highest BCUT2D eigenvalue weighted by atomic mass is 16.6. The van der Waals surface area contributed by atoms with Crippen molar-refractivity contribution in [2.45, 2.75) is 45.8 Å². The first-order valence-electron chi connectivity index (χ1n) is 8.42. The molecule has 25 heavy (non-hydrogen) atoms. The minimum Gasteiger partial charge on any atom is -0.444 e. The van der Waals surface area contributed by atoms with E-state index in [1.807, 2.05) is 45.0 Å². The molecule has 4 N–H and O–H groups in total. The van der Waals surface area contributed by atoms with E-state index in [0.717, 1.165) is 24.1 Å². The fourth-order valence-corrected chi connectivity index (χ4v) is 2.04. The number of nitrogens with zero attached hydrogens (tertiary/aromatic N) is 1. The molecule has 0 aromatic heterocycles. The van der Waals surface area contributed by atoms with Crippen molar-refractivity contribution in [1.82, 2.24) is 5.32 Å². The molecule has 1 aromatic carbocycles. The van der Waals surface area contributed by atoms with Crippen molar-refractivity contribution < 1.29 is 14.3 Å². The lowest BCUT2D eigenvalue weighted by atomic mass is 10.2. The number of hydrogen-bond donors (Lipinski definition) is 3. The van der Waals surface area contributed by atoms with E-state index in [0.29, 0.717) is 25.7 Å². The molecule has 0 aliphatic rings. The Hall–Kier alpha value is -2.28. The number of rotatable bonds is 8. The molecule has 1 aromatic rings. The van der Waals surface area contributed by atoms with Crippen LogP contribution in [0.1, 0.15) is 39.2 Å². The molecule has 0 bridgehead atoms. The second kappa shape index (κ2) is 10.6. The number of nitrogens with one attached hydrogen (secondary N) is 2. The molecule has 0 saturated heterocycles. The molecule has 140 valence electrons. The Kier molecular flexibility index (Phi) is 8.77. The summed E-state index contributed by atoms with van der Waals surface area (Å²) < 4.78 is 10.3. The summed E-state index contributed by atoms with van der Waals surface area (Å²) in [5.74, 6) is 0.364. The molecule has 7 nitrogen and oxygen atoms in total. The molecule has 0 aliphatic carbocycles. The number of aliphatic imine (C=N–C) groups is 1. The summed E-state index contributed by atoms with van der Waals surface area (Å²) in [6.45, 7) is 7.15. The minimum absolute atomic E-state index is 0.364. The zero-order valence-corrected chi connectivity index (χ0v) is 15.6. The summed E-state index contributed by atoms with van der Waals surface area (Å²) in [4.78, 5) is 15.8. The zero-order chi connectivity index (χ0) is 18.7. The number of anilines is 1. The predicted octanol–water partition coefficient (Wildman–Crippen LogP) is 2.86. The molecule has 0 spiro atoms. The molecule has 1 amide bonds. The molecular formula is C18H30N4O3. The number of amides is 1. The predicted molar refractivity (Wildman–Crippen MR) is 101 cm³/mol. The van der Waals surface area contributed by atoms with E-state index in [1.165, 1.54) is 0 Å². The monoisotopic (exact) mass is 350 g/mol. The Bertz CT molecular complexity index is 568. The van der Waals surface area contributed by atoms with Crippen LogP contribution in [-0.2, 0) is 16.1 Å². The van der Waals surface area contributed by atoms with Crippen LogP contribution in [0.3, 0.4) is 0 Å². The quantitative estimate of drug-likeness (QED) is 0.380. The highest BCUT2D eigenvalue weighted by molar-refractivity contribution is 5.92. The second-order valence-corrected chi connectivity index (χ2v) is 6.62. The maximum absolute atomic E-state index is 11.5. The Morgan fingerprint density at radius 2 is 1.96 bits per heavy atom. The Morgan fingerprint density at radius 3 is 2.64 bits per heavy atom. The number of nitrogens with two attached hydrogens (primary N) is 1. The lowest BCUT2D eigenvalue weighted by Gasteiger charge is -2.19. The van der Waals surface area contributed by atoms with E-state index in [-0.39, 0.29) is 0 Å². The molecule has 0 unspecified atom stereocenters. The highest BCUT2D eigenvalue weighted by Gasteiger charge is 2.15. The number of methoxy groups -OCH3 is 1. The minimum atomic E-state index is -0.479. The number of hydrogen-bond acceptors (Lipinski definition) is 4. The van der Waals surface area contributed by atoms with Crippen LogP contribution in [0.15, 0.2) is 29.3 Å². The molecule has 0 atom stereocenters. The van der Waals surface area contributed by atoms with Crippen LogP contribution in [0.4, 0.5) is 10.5 Å². The van der Waals surface area contributed by atoms with Crippen molar-refractivity contribution in [3.63, 3.8) is 0 Å². The molecule has 0 saturated carbocycles. The highest BCUT2D eigenvalue weighted by Crippen LogP contribution is 2.15. The number of ether oxygens (including phenoxy) is 2. The molecular weight excluding hydrogens is 320 g/mol. The maximum Gasteiger partial charge on any atom is 0.407 e. The van der Waals surface area contributed by atoms with E-state index in [9.17, 15) is 4.79 Å². The smallest absolute Gasteiger partial charge is 0.407 e. The fourth-order valence-electron chi connectivity index (χ4n) is 2.04. The third-order valence-corrected chi connectivity index (χ3v) is 3.12. The third kappa shape index (κ3) is 9.56. The Balaban J connectivity index is 2.27. The van der Waals surface area contributed by atoms with Crippen molar-refractivity contribution in [3.05, 3.63) is 29.8 Å². The van der Waals surface area contributed by atoms with Gasteiger partial charge in [0.2, 0.25) is 0 Å². The second-order valence-electron chi connectivity index (χ2n) is 6.62. The maximum atomic E-state index is 11.5. The van der Waals surface area contributed by atoms with E-state index >= 15 is 0 Å². The first kappa shape index (κ1) is 20.8. The number of benzene rings is 1. The molecule has 0 radical (unpaired) electrons. The molecule has 0 aliphatic heterocycles. The van der Waals surface area contributed by atoms with Crippen LogP contribution in [-0.4, -0.2) is 37.9 Å². The summed E-state index contributed by atoms with van der Waals surface area (Å²) in [6, 6.07) is 7.78. The number of carbonyl (C=O) groups excluding carboxylic acids is 1. The summed E-state index contributed by atoms with van der Waals surface area (Å²) in [7, 11) is 1.65. The van der Waals surface area contributed by atoms with Crippen LogP contribution in [0, 0.1) is 0 Å². The van der Waals surface area contributed by atoms with E-state index in [4.69, 9.17) is 15.2 Å². The van der Waals surface area contributed by atoms with Gasteiger partial charge >= 0.3 is 6.09 Å². The van der Waals surface area contributed by atoms with Gasteiger partial charge in [0.1, 0.15) is 5.60 Å². The Morgan fingerprint density at radius 1 is 1.24 bits per heavy atom. The van der Waals surface area contributed by atoms with Crippen molar-refractivity contribution in [3.8, 4) is 0 Å². The number of para-hydroxylation sites is 1. The molecule has 0 fully saturated rings. The fraction of sp³-hybridized carbons (Fsp3) is 0.556. The SMILES string of the molecule is COCc1ccccc1NC(N)=NCCCCNC(=O)OC(C)(C)C. The number of carbonyl (C=O) groups is 1. The standard InChI is InChI=1S/C18H30N4O3/c1-18(2,3)25-17(23)21-12-8-7-11-20-16(19)22-15-10-6-5-9-14(15)13-24-4/h5-6,9-10H,7-8,11-13H2,1-4H3,(H,21,23)(H3,19,20,22). The van der Waals surface area contributed by atoms with Crippen molar-refractivity contribution in [1.29, 1.82) is 0 Å². The van der Waals surface area contributed by atoms with Crippen LogP contribution in [0.5, 0.6) is 0 Å². The van der Waals surface area contributed by atoms with E-state index < -0.39 is 11.7 Å². The summed E-state index contributed by atoms with van der Waals surface area (Å²) in [5.41, 5.74) is 7.34. The van der Waals surface area contributed by atoms with Crippen molar-refractivity contribution in [2.75, 3.05) is 25.5 Å². The van der Waals surface area contributed by atoms with Crippen LogP contribution < -0.4 is 16.4 Å². The van der Waals surface area contributed by atoms with Gasteiger partial charge in [0.05, 0.1) is 6.61 Å². The van der Waals surface area contributed by atoms with E-state index in [2.05, 4.69) is 15.6 Å². The first-order valence-corrected chi connectivity index (χ1v) is 8.42. The van der Waals surface area contributed by atoms with Crippen LogP contribution in [0.2, 0.25) is 0 Å². The lowest BCUT2D eigenvalue weighted by molar-refractivity contribution is 0.0527. The average molecular weight is 350 g/mol. The Labute approximate surface area is 150 Å². The third-order valence-electron chi connectivity index (χ3n) is 3.12. The van der Waals surface area contributed by atoms with Crippen LogP contribution >= 0.6 is 0 Å². The van der Waals surface area contributed by atoms with Gasteiger partial charge in [-0.15, -0.1) is 0 Å². The lowest BCUT2D eigenvalue weighted by Crippen LogP contribution is -2.33. The van der Waals surface area contributed by atoms with E-state index in [1.54, 1.807) is 7.11 Å². The average Bonchev–Trinajstić information content (AvgIpc) is 2.51. The summed E-state index contributed by atoms with van der Waals surface area (Å²) in [6.07, 6.45) is 1.22. The molecule has 0 heterocycles. The van der Waals surface area contributed by atoms with Crippen molar-refractivity contribution >= 4 is 17.7 Å². The van der Waals surface area contributed by atoms with Gasteiger partial charge < -0.3 is 25.8 Å². The number of alkyl carbamates (subject to hydrolysis) is 1. The molecule has 7 heteroatoms. The van der Waals surface area contributed by atoms with Gasteiger partial charge in [-0.25, -0.2) is 4.79 Å². The van der Waals surface area contributed by atoms with Gasteiger partial charge in [-0.05, 0) is 39.7 Å².